The van der Waals surface area contributed by atoms with Gasteiger partial charge >= 0.3 is 0 Å². The molecule has 2 atom stereocenters. The minimum atomic E-state index is -3.51. The molecule has 0 amide bonds. The lowest BCUT2D eigenvalue weighted by Gasteiger charge is -2.43. The number of benzene rings is 2. The van der Waals surface area contributed by atoms with Gasteiger partial charge in [0.1, 0.15) is 5.75 Å². The van der Waals surface area contributed by atoms with Gasteiger partial charge in [0.2, 0.25) is 10.0 Å². The highest BCUT2D eigenvalue weighted by Gasteiger charge is 2.35. The molecule has 5 nitrogen and oxygen atoms in total. The molecule has 0 N–H and O–H groups in total. The molecule has 2 aromatic rings. The zero-order chi connectivity index (χ0) is 21.8. The summed E-state index contributed by atoms with van der Waals surface area (Å²) < 4.78 is 34.2. The minimum Gasteiger partial charge on any atom is -0.490 e. The van der Waals surface area contributed by atoms with Crippen molar-refractivity contribution in [2.45, 2.75) is 69.0 Å². The van der Waals surface area contributed by atoms with Crippen LogP contribution in [0.4, 0.5) is 0 Å². The van der Waals surface area contributed by atoms with Gasteiger partial charge in [-0.15, -0.1) is 0 Å². The van der Waals surface area contributed by atoms with Gasteiger partial charge in [0.05, 0.1) is 11.0 Å². The molecule has 0 bridgehead atoms. The van der Waals surface area contributed by atoms with E-state index in [1.165, 1.54) is 18.4 Å². The van der Waals surface area contributed by atoms with Crippen molar-refractivity contribution in [1.29, 1.82) is 0 Å². The first-order chi connectivity index (χ1) is 14.9. The molecule has 1 heterocycles. The molecule has 2 aliphatic rings. The number of hydrogen-bond acceptors (Lipinski definition) is 4. The fourth-order valence-electron chi connectivity index (χ4n) is 4.89. The number of sulfonamides is 1. The molecule has 1 aliphatic carbocycles. The van der Waals surface area contributed by atoms with Crippen molar-refractivity contribution in [2.75, 3.05) is 19.6 Å². The standard InChI is InChI=1S/C25H34N2O3S/c1-20-18-26(19-21(2)27(20)17-16-22-8-4-3-5-9-22)31(28,29)25-14-12-24(13-15-25)30-23-10-6-7-11-23/h3-5,8-9,12-15,20-21,23H,6-7,10-11,16-19H2,1-2H3. The molecule has 4 rings (SSSR count). The first kappa shape index (κ1) is 22.3. The quantitative estimate of drug-likeness (QED) is 0.640. The molecule has 0 radical (unpaired) electrons. The van der Waals surface area contributed by atoms with Gasteiger partial charge in [-0.1, -0.05) is 30.3 Å². The van der Waals surface area contributed by atoms with E-state index in [4.69, 9.17) is 4.74 Å². The van der Waals surface area contributed by atoms with Gasteiger partial charge in [-0.05, 0) is 75.8 Å². The first-order valence-corrected chi connectivity index (χ1v) is 12.9. The normalized spacial score (nSPS) is 23.8. The summed E-state index contributed by atoms with van der Waals surface area (Å²) in [6.07, 6.45) is 5.85. The third-order valence-corrected chi connectivity index (χ3v) is 8.48. The second-order valence-electron chi connectivity index (χ2n) is 8.99. The second kappa shape index (κ2) is 9.72. The maximum atomic E-state index is 13.3. The summed E-state index contributed by atoms with van der Waals surface area (Å²) in [5.74, 6) is 0.762. The number of ether oxygens (including phenoxy) is 1. The molecule has 2 fully saturated rings. The maximum Gasteiger partial charge on any atom is 0.243 e. The molecule has 6 heteroatoms. The van der Waals surface area contributed by atoms with E-state index in [0.29, 0.717) is 18.0 Å². The Labute approximate surface area is 187 Å². The average Bonchev–Trinajstić information content (AvgIpc) is 3.27. The summed E-state index contributed by atoms with van der Waals surface area (Å²) in [6.45, 7) is 6.22. The van der Waals surface area contributed by atoms with Crippen LogP contribution in [0.1, 0.15) is 45.1 Å². The van der Waals surface area contributed by atoms with Crippen molar-refractivity contribution >= 4 is 10.0 Å². The lowest BCUT2D eigenvalue weighted by Crippen LogP contribution is -2.58. The number of nitrogens with zero attached hydrogens (tertiary/aromatic N) is 2. The number of hydrogen-bond donors (Lipinski definition) is 0. The van der Waals surface area contributed by atoms with Crippen LogP contribution >= 0.6 is 0 Å². The molecule has 1 saturated heterocycles. The van der Waals surface area contributed by atoms with Crippen molar-refractivity contribution in [2.24, 2.45) is 0 Å². The van der Waals surface area contributed by atoms with Gasteiger partial charge < -0.3 is 4.74 Å². The SMILES string of the molecule is CC1CN(S(=O)(=O)c2ccc(OC3CCCC3)cc2)CC(C)N1CCc1ccccc1. The predicted molar refractivity (Wildman–Crippen MR) is 124 cm³/mol. The van der Waals surface area contributed by atoms with Crippen LogP contribution in [0.2, 0.25) is 0 Å². The molecule has 168 valence electrons. The Kier molecular flexibility index (Phi) is 6.99. The molecule has 1 aliphatic heterocycles. The van der Waals surface area contributed by atoms with Crippen molar-refractivity contribution in [3.05, 3.63) is 60.2 Å². The zero-order valence-electron chi connectivity index (χ0n) is 18.6. The van der Waals surface area contributed by atoms with Gasteiger partial charge in [-0.3, -0.25) is 4.90 Å². The molecule has 0 spiro atoms. The van der Waals surface area contributed by atoms with Gasteiger partial charge in [-0.25, -0.2) is 8.42 Å². The fraction of sp³-hybridized carbons (Fsp3) is 0.520. The van der Waals surface area contributed by atoms with Gasteiger partial charge in [0.25, 0.3) is 0 Å². The van der Waals surface area contributed by atoms with Crippen LogP contribution < -0.4 is 4.74 Å². The van der Waals surface area contributed by atoms with Crippen LogP contribution in [0.5, 0.6) is 5.75 Å². The summed E-state index contributed by atoms with van der Waals surface area (Å²) in [7, 11) is -3.51. The topological polar surface area (TPSA) is 49.9 Å². The van der Waals surface area contributed by atoms with E-state index in [-0.39, 0.29) is 18.2 Å². The summed E-state index contributed by atoms with van der Waals surface area (Å²) in [6, 6.07) is 17.8. The Morgan fingerprint density at radius 2 is 1.52 bits per heavy atom. The molecular formula is C25H34N2O3S. The van der Waals surface area contributed by atoms with E-state index < -0.39 is 10.0 Å². The number of rotatable bonds is 7. The smallest absolute Gasteiger partial charge is 0.243 e. The first-order valence-electron chi connectivity index (χ1n) is 11.5. The Morgan fingerprint density at radius 1 is 0.903 bits per heavy atom. The van der Waals surface area contributed by atoms with E-state index in [0.717, 1.165) is 31.6 Å². The van der Waals surface area contributed by atoms with Gasteiger partial charge in [-0.2, -0.15) is 4.31 Å². The van der Waals surface area contributed by atoms with Crippen LogP contribution in [0.3, 0.4) is 0 Å². The molecule has 2 unspecified atom stereocenters. The minimum absolute atomic E-state index is 0.173. The van der Waals surface area contributed by atoms with Crippen molar-refractivity contribution < 1.29 is 13.2 Å². The second-order valence-corrected chi connectivity index (χ2v) is 10.9. The lowest BCUT2D eigenvalue weighted by atomic mass is 10.1. The third kappa shape index (κ3) is 5.30. The van der Waals surface area contributed by atoms with E-state index in [1.54, 1.807) is 28.6 Å². The molecule has 2 aromatic carbocycles. The van der Waals surface area contributed by atoms with Gasteiger partial charge in [0, 0.05) is 31.7 Å². The van der Waals surface area contributed by atoms with Crippen LogP contribution in [0.15, 0.2) is 59.5 Å². The molecular weight excluding hydrogens is 408 g/mol. The highest BCUT2D eigenvalue weighted by Crippen LogP contribution is 2.27. The Balaban J connectivity index is 1.38. The fourth-order valence-corrected chi connectivity index (χ4v) is 6.49. The van der Waals surface area contributed by atoms with Crippen LogP contribution in [0, 0.1) is 0 Å². The summed E-state index contributed by atoms with van der Waals surface area (Å²) in [5, 5.41) is 0. The van der Waals surface area contributed by atoms with Crippen molar-refractivity contribution in [3.63, 3.8) is 0 Å². The Hall–Kier alpha value is -1.89. The highest BCUT2D eigenvalue weighted by atomic mass is 32.2. The average molecular weight is 443 g/mol. The van der Waals surface area contributed by atoms with Crippen molar-refractivity contribution in [1.82, 2.24) is 9.21 Å². The molecule has 1 saturated carbocycles. The van der Waals surface area contributed by atoms with E-state index in [2.05, 4.69) is 43.0 Å². The largest absolute Gasteiger partial charge is 0.490 e. The van der Waals surface area contributed by atoms with Crippen LogP contribution in [0.25, 0.3) is 0 Å². The lowest BCUT2D eigenvalue weighted by molar-refractivity contribution is 0.0784. The molecule has 31 heavy (non-hydrogen) atoms. The summed E-state index contributed by atoms with van der Waals surface area (Å²) in [4.78, 5) is 2.78. The van der Waals surface area contributed by atoms with Crippen molar-refractivity contribution in [3.8, 4) is 5.75 Å². The van der Waals surface area contributed by atoms with Gasteiger partial charge in [0.15, 0.2) is 0 Å². The zero-order valence-corrected chi connectivity index (χ0v) is 19.4. The predicted octanol–water partition coefficient (Wildman–Crippen LogP) is 4.33. The Bertz CT molecular complexity index is 928. The van der Waals surface area contributed by atoms with E-state index >= 15 is 0 Å². The third-order valence-electron chi connectivity index (χ3n) is 6.64. The summed E-state index contributed by atoms with van der Waals surface area (Å²) >= 11 is 0. The number of piperazine rings is 1. The molecule has 0 aromatic heterocycles. The van der Waals surface area contributed by atoms with E-state index in [1.807, 2.05) is 6.07 Å². The maximum absolute atomic E-state index is 13.3. The van der Waals surface area contributed by atoms with Crippen LogP contribution in [-0.2, 0) is 16.4 Å². The summed E-state index contributed by atoms with van der Waals surface area (Å²) in [5.41, 5.74) is 1.32. The van der Waals surface area contributed by atoms with E-state index in [9.17, 15) is 8.42 Å². The van der Waals surface area contributed by atoms with Crippen LogP contribution in [-0.4, -0.2) is 55.4 Å². The Morgan fingerprint density at radius 3 is 2.13 bits per heavy atom. The highest BCUT2D eigenvalue weighted by molar-refractivity contribution is 7.89. The monoisotopic (exact) mass is 442 g/mol.